The molecule has 1 aromatic carbocycles. The van der Waals surface area contributed by atoms with Crippen LogP contribution in [0, 0.1) is 10.1 Å². The molecule has 0 atom stereocenters. The number of aromatic carboxylic acids is 1. The van der Waals surface area contributed by atoms with Crippen LogP contribution in [-0.4, -0.2) is 18.0 Å². The summed E-state index contributed by atoms with van der Waals surface area (Å²) in [5.74, 6) is -1.45. The molecule has 0 bridgehead atoms. The minimum absolute atomic E-state index is 0. The van der Waals surface area contributed by atoms with Crippen molar-refractivity contribution in [2.24, 2.45) is 0 Å². The number of carbonyl (C=O) groups is 1. The molecule has 15 heavy (non-hydrogen) atoms. The summed E-state index contributed by atoms with van der Waals surface area (Å²) in [5.41, 5.74) is -0.647. The number of benzene rings is 1. The Balaban J connectivity index is 0.00000196. The van der Waals surface area contributed by atoms with E-state index in [4.69, 9.17) is 0 Å². The monoisotopic (exact) mass is 219 g/mol. The van der Waals surface area contributed by atoms with Crippen molar-refractivity contribution in [1.82, 2.24) is 0 Å². The maximum Gasteiger partial charge on any atom is 1.00 e. The summed E-state index contributed by atoms with van der Waals surface area (Å²) < 4.78 is 4.69. The quantitative estimate of drug-likeness (QED) is 0.306. The molecule has 7 heteroatoms. The Morgan fingerprint density at radius 1 is 1.47 bits per heavy atom. The topological polar surface area (TPSA) is 92.5 Å². The van der Waals surface area contributed by atoms with Gasteiger partial charge in [-0.2, -0.15) is 0 Å². The third kappa shape index (κ3) is 3.19. The molecule has 0 saturated heterocycles. The van der Waals surface area contributed by atoms with Crippen molar-refractivity contribution in [3.05, 3.63) is 33.9 Å². The second-order valence-electron chi connectivity index (χ2n) is 2.43. The van der Waals surface area contributed by atoms with E-state index in [1.165, 1.54) is 19.2 Å². The van der Waals surface area contributed by atoms with Crippen LogP contribution in [-0.2, 0) is 0 Å². The van der Waals surface area contributed by atoms with Gasteiger partial charge in [0.1, 0.15) is 0 Å². The van der Waals surface area contributed by atoms with Gasteiger partial charge < -0.3 is 14.6 Å². The summed E-state index contributed by atoms with van der Waals surface area (Å²) in [7, 11) is 1.26. The first-order valence-electron chi connectivity index (χ1n) is 3.60. The fourth-order valence-electron chi connectivity index (χ4n) is 0.960. The van der Waals surface area contributed by atoms with E-state index in [1.54, 1.807) is 0 Å². The van der Waals surface area contributed by atoms with Crippen molar-refractivity contribution in [2.75, 3.05) is 7.11 Å². The van der Waals surface area contributed by atoms with Gasteiger partial charge in [-0.1, -0.05) is 0 Å². The number of hydrogen-bond donors (Lipinski definition) is 0. The van der Waals surface area contributed by atoms with Gasteiger partial charge in [-0.05, 0) is 12.1 Å². The zero-order chi connectivity index (χ0) is 10.7. The van der Waals surface area contributed by atoms with Crippen molar-refractivity contribution in [3.8, 4) is 5.75 Å². The third-order valence-electron chi connectivity index (χ3n) is 1.61. The predicted octanol–water partition coefficient (Wildman–Crippen LogP) is -3.03. The normalized spacial score (nSPS) is 8.87. The van der Waals surface area contributed by atoms with E-state index in [0.717, 1.165) is 6.07 Å². The van der Waals surface area contributed by atoms with Crippen LogP contribution in [0.25, 0.3) is 0 Å². The molecule has 0 aromatic heterocycles. The number of nitro benzene ring substituents is 1. The zero-order valence-electron chi connectivity index (χ0n) is 8.22. The molecule has 1 rings (SSSR count). The van der Waals surface area contributed by atoms with E-state index < -0.39 is 16.6 Å². The standard InChI is InChI=1S/C8H7NO5.Na/c1-14-7-3-2-5(8(10)11)4-6(7)9(12)13;/h2-4H,1H3,(H,10,11);/q;+1/p-1. The number of carbonyl (C=O) groups excluding carboxylic acids is 1. The van der Waals surface area contributed by atoms with Crippen molar-refractivity contribution in [1.29, 1.82) is 0 Å². The molecule has 0 aliphatic rings. The largest absolute Gasteiger partial charge is 1.00 e. The molecule has 74 valence electrons. The molecule has 6 nitrogen and oxygen atoms in total. The van der Waals surface area contributed by atoms with Gasteiger partial charge in [0.15, 0.2) is 5.75 Å². The number of nitrogens with zero attached hydrogens (tertiary/aromatic N) is 1. The molecule has 0 amide bonds. The summed E-state index contributed by atoms with van der Waals surface area (Å²) in [6.07, 6.45) is 0. The molecule has 0 aliphatic heterocycles. The Hall–Kier alpha value is -1.11. The summed E-state index contributed by atoms with van der Waals surface area (Å²) in [5, 5.41) is 20.9. The van der Waals surface area contributed by atoms with Crippen molar-refractivity contribution in [3.63, 3.8) is 0 Å². The summed E-state index contributed by atoms with van der Waals surface area (Å²) in [6, 6.07) is 3.29. The smallest absolute Gasteiger partial charge is 0.545 e. The fraction of sp³-hybridized carbons (Fsp3) is 0.125. The van der Waals surface area contributed by atoms with Gasteiger partial charge in [0.05, 0.1) is 18.0 Å². The van der Waals surface area contributed by atoms with E-state index >= 15 is 0 Å². The minimum Gasteiger partial charge on any atom is -0.545 e. The van der Waals surface area contributed by atoms with Crippen LogP contribution in [0.1, 0.15) is 10.4 Å². The number of carboxylic acid groups (broad SMARTS) is 1. The first-order chi connectivity index (χ1) is 6.56. The van der Waals surface area contributed by atoms with Crippen LogP contribution in [0.3, 0.4) is 0 Å². The SMILES string of the molecule is COc1ccc(C(=O)[O-])cc1[N+](=O)[O-].[Na+]. The Morgan fingerprint density at radius 3 is 2.47 bits per heavy atom. The van der Waals surface area contributed by atoms with E-state index in [2.05, 4.69) is 4.74 Å². The molecule has 0 spiro atoms. The van der Waals surface area contributed by atoms with Crippen molar-refractivity contribution in [2.45, 2.75) is 0 Å². The van der Waals surface area contributed by atoms with E-state index in [9.17, 15) is 20.0 Å². The molecule has 0 aliphatic carbocycles. The number of methoxy groups -OCH3 is 1. The maximum atomic E-state index is 10.5. The Bertz CT molecular complexity index is 393. The summed E-state index contributed by atoms with van der Waals surface area (Å²) in [6.45, 7) is 0. The maximum absolute atomic E-state index is 10.5. The Labute approximate surface area is 107 Å². The average Bonchev–Trinajstić information content (AvgIpc) is 2.16. The molecule has 0 saturated carbocycles. The molecule has 1 aromatic rings. The molecule has 0 unspecified atom stereocenters. The first kappa shape index (κ1) is 13.9. The number of ether oxygens (including phenoxy) is 1. The van der Waals surface area contributed by atoms with Crippen LogP contribution in [0.15, 0.2) is 18.2 Å². The van der Waals surface area contributed by atoms with E-state index in [-0.39, 0.29) is 40.9 Å². The van der Waals surface area contributed by atoms with Gasteiger partial charge in [0, 0.05) is 11.6 Å². The van der Waals surface area contributed by atoms with E-state index in [1.807, 2.05) is 0 Å². The van der Waals surface area contributed by atoms with Gasteiger partial charge >= 0.3 is 35.2 Å². The third-order valence-corrected chi connectivity index (χ3v) is 1.61. The van der Waals surface area contributed by atoms with Crippen LogP contribution < -0.4 is 39.4 Å². The number of carboxylic acids is 1. The predicted molar refractivity (Wildman–Crippen MR) is 44.0 cm³/mol. The fourth-order valence-corrected chi connectivity index (χ4v) is 0.960. The minimum atomic E-state index is -1.46. The van der Waals surface area contributed by atoms with Crippen LogP contribution in [0.5, 0.6) is 5.75 Å². The summed E-state index contributed by atoms with van der Waals surface area (Å²) >= 11 is 0. The van der Waals surface area contributed by atoms with Gasteiger partial charge in [-0.25, -0.2) is 0 Å². The zero-order valence-corrected chi connectivity index (χ0v) is 10.2. The van der Waals surface area contributed by atoms with Gasteiger partial charge in [-0.15, -0.1) is 0 Å². The molecule has 0 radical (unpaired) electrons. The molecule has 0 N–H and O–H groups in total. The second-order valence-corrected chi connectivity index (χ2v) is 2.43. The second kappa shape index (κ2) is 5.69. The molecular weight excluding hydrogens is 213 g/mol. The van der Waals surface area contributed by atoms with E-state index in [0.29, 0.717) is 0 Å². The van der Waals surface area contributed by atoms with Gasteiger partial charge in [0.2, 0.25) is 0 Å². The Kier molecular flexibility index (Phi) is 5.27. The van der Waals surface area contributed by atoms with Gasteiger partial charge in [-0.3, -0.25) is 10.1 Å². The average molecular weight is 219 g/mol. The number of hydrogen-bond acceptors (Lipinski definition) is 5. The number of nitro groups is 1. The number of rotatable bonds is 3. The van der Waals surface area contributed by atoms with Crippen LogP contribution in [0.4, 0.5) is 5.69 Å². The molecule has 0 fully saturated rings. The van der Waals surface area contributed by atoms with Gasteiger partial charge in [0.25, 0.3) is 0 Å². The Morgan fingerprint density at radius 2 is 2.07 bits per heavy atom. The van der Waals surface area contributed by atoms with Crippen LogP contribution in [0.2, 0.25) is 0 Å². The van der Waals surface area contributed by atoms with Crippen molar-refractivity contribution >= 4 is 11.7 Å². The summed E-state index contributed by atoms with van der Waals surface area (Å²) in [4.78, 5) is 20.2. The first-order valence-corrected chi connectivity index (χ1v) is 3.60. The molecular formula is C8H6NNaO5. The van der Waals surface area contributed by atoms with Crippen LogP contribution >= 0.6 is 0 Å². The molecule has 0 heterocycles. The van der Waals surface area contributed by atoms with Crippen molar-refractivity contribution < 1.29 is 49.1 Å².